The van der Waals surface area contributed by atoms with Crippen LogP contribution in [0.5, 0.6) is 0 Å². The number of rotatable bonds is 3. The third-order valence-corrected chi connectivity index (χ3v) is 4.30. The molecule has 1 aromatic heterocycles. The zero-order valence-electron chi connectivity index (χ0n) is 11.0. The molecule has 0 aliphatic heterocycles. The predicted octanol–water partition coefficient (Wildman–Crippen LogP) is 1.09. The molecule has 0 spiro atoms. The zero-order chi connectivity index (χ0) is 12.7. The molecule has 1 heterocycles. The van der Waals surface area contributed by atoms with Gasteiger partial charge in [-0.15, -0.1) is 0 Å². The highest BCUT2D eigenvalue weighted by molar-refractivity contribution is 5.10. The predicted molar refractivity (Wildman–Crippen MR) is 67.4 cm³/mol. The van der Waals surface area contributed by atoms with Crippen LogP contribution in [-0.4, -0.2) is 27.5 Å². The first kappa shape index (κ1) is 12.6. The maximum atomic E-state index is 10.5. The molecule has 0 amide bonds. The lowest BCUT2D eigenvalue weighted by molar-refractivity contribution is -0.00513. The SMILES string of the molecule is Cn1ccc(CC2(CN)CCC(C)(C)C2O)n1. The molecule has 4 nitrogen and oxygen atoms in total. The van der Waals surface area contributed by atoms with E-state index in [2.05, 4.69) is 18.9 Å². The lowest BCUT2D eigenvalue weighted by Gasteiger charge is -2.35. The second kappa shape index (κ2) is 4.10. The first-order valence-electron chi connectivity index (χ1n) is 6.26. The van der Waals surface area contributed by atoms with Crippen LogP contribution in [0.4, 0.5) is 0 Å². The van der Waals surface area contributed by atoms with Crippen molar-refractivity contribution in [2.75, 3.05) is 6.54 Å². The van der Waals surface area contributed by atoms with Gasteiger partial charge >= 0.3 is 0 Å². The maximum absolute atomic E-state index is 10.5. The van der Waals surface area contributed by atoms with Crippen LogP contribution in [0.3, 0.4) is 0 Å². The van der Waals surface area contributed by atoms with E-state index in [1.807, 2.05) is 19.3 Å². The van der Waals surface area contributed by atoms with Gasteiger partial charge in [-0.25, -0.2) is 0 Å². The number of aryl methyl sites for hydroxylation is 1. The van der Waals surface area contributed by atoms with Crippen LogP contribution in [0.25, 0.3) is 0 Å². The van der Waals surface area contributed by atoms with Gasteiger partial charge in [0, 0.05) is 31.6 Å². The number of hydrogen-bond donors (Lipinski definition) is 2. The van der Waals surface area contributed by atoms with Crippen molar-refractivity contribution in [3.8, 4) is 0 Å². The van der Waals surface area contributed by atoms with Crippen LogP contribution in [0.15, 0.2) is 12.3 Å². The molecule has 0 aromatic carbocycles. The first-order chi connectivity index (χ1) is 7.89. The van der Waals surface area contributed by atoms with E-state index in [9.17, 15) is 5.11 Å². The topological polar surface area (TPSA) is 64.1 Å². The molecule has 4 heteroatoms. The maximum Gasteiger partial charge on any atom is 0.0663 e. The largest absolute Gasteiger partial charge is 0.392 e. The van der Waals surface area contributed by atoms with Crippen molar-refractivity contribution in [1.82, 2.24) is 9.78 Å². The molecule has 96 valence electrons. The molecule has 2 unspecified atom stereocenters. The number of nitrogens with zero attached hydrogens (tertiary/aromatic N) is 2. The number of nitrogens with two attached hydrogens (primary N) is 1. The van der Waals surface area contributed by atoms with Crippen molar-refractivity contribution in [1.29, 1.82) is 0 Å². The summed E-state index contributed by atoms with van der Waals surface area (Å²) in [6.07, 6.45) is 4.37. The minimum atomic E-state index is -0.345. The molecule has 2 atom stereocenters. The van der Waals surface area contributed by atoms with Gasteiger partial charge in [0.2, 0.25) is 0 Å². The summed E-state index contributed by atoms with van der Waals surface area (Å²) in [4.78, 5) is 0. The minimum absolute atomic E-state index is 0.0336. The lowest BCUT2D eigenvalue weighted by atomic mass is 9.75. The highest BCUT2D eigenvalue weighted by Crippen LogP contribution is 2.50. The Labute approximate surface area is 103 Å². The van der Waals surface area contributed by atoms with E-state index in [1.165, 1.54) is 0 Å². The van der Waals surface area contributed by atoms with Gasteiger partial charge in [0.15, 0.2) is 0 Å². The van der Waals surface area contributed by atoms with Crippen LogP contribution in [0.1, 0.15) is 32.4 Å². The number of aliphatic hydroxyl groups is 1. The van der Waals surface area contributed by atoms with Crippen molar-refractivity contribution in [3.63, 3.8) is 0 Å². The molecule has 1 aromatic rings. The van der Waals surface area contributed by atoms with Gasteiger partial charge in [-0.1, -0.05) is 13.8 Å². The molecule has 1 aliphatic carbocycles. The average Bonchev–Trinajstić information content (AvgIpc) is 2.77. The van der Waals surface area contributed by atoms with Crippen molar-refractivity contribution >= 4 is 0 Å². The second-order valence-corrected chi connectivity index (χ2v) is 6.12. The third-order valence-electron chi connectivity index (χ3n) is 4.30. The average molecular weight is 237 g/mol. The Morgan fingerprint density at radius 2 is 2.24 bits per heavy atom. The van der Waals surface area contributed by atoms with E-state index in [-0.39, 0.29) is 16.9 Å². The van der Waals surface area contributed by atoms with Crippen molar-refractivity contribution in [2.24, 2.45) is 23.6 Å². The van der Waals surface area contributed by atoms with E-state index in [1.54, 1.807) is 4.68 Å². The highest BCUT2D eigenvalue weighted by Gasteiger charge is 2.51. The molecular weight excluding hydrogens is 214 g/mol. The Morgan fingerprint density at radius 1 is 1.53 bits per heavy atom. The summed E-state index contributed by atoms with van der Waals surface area (Å²) >= 11 is 0. The Bertz CT molecular complexity index is 399. The van der Waals surface area contributed by atoms with Crippen molar-refractivity contribution in [2.45, 2.75) is 39.2 Å². The Hall–Kier alpha value is -0.870. The first-order valence-corrected chi connectivity index (χ1v) is 6.26. The van der Waals surface area contributed by atoms with Crippen LogP contribution >= 0.6 is 0 Å². The lowest BCUT2D eigenvalue weighted by Crippen LogP contribution is -2.44. The summed E-state index contributed by atoms with van der Waals surface area (Å²) in [5, 5.41) is 14.9. The molecule has 1 saturated carbocycles. The second-order valence-electron chi connectivity index (χ2n) is 6.12. The highest BCUT2D eigenvalue weighted by atomic mass is 16.3. The summed E-state index contributed by atoms with van der Waals surface area (Å²) in [6.45, 7) is 4.76. The van der Waals surface area contributed by atoms with Crippen molar-refractivity contribution in [3.05, 3.63) is 18.0 Å². The van der Waals surface area contributed by atoms with Gasteiger partial charge in [-0.05, 0) is 24.3 Å². The smallest absolute Gasteiger partial charge is 0.0663 e. The monoisotopic (exact) mass is 237 g/mol. The summed E-state index contributed by atoms with van der Waals surface area (Å²) in [6, 6.07) is 2.01. The van der Waals surface area contributed by atoms with Crippen LogP contribution in [0, 0.1) is 10.8 Å². The minimum Gasteiger partial charge on any atom is -0.392 e. The fraction of sp³-hybridized carbons (Fsp3) is 0.769. The summed E-state index contributed by atoms with van der Waals surface area (Å²) in [5.74, 6) is 0. The van der Waals surface area contributed by atoms with Gasteiger partial charge in [0.1, 0.15) is 0 Å². The summed E-state index contributed by atoms with van der Waals surface area (Å²) < 4.78 is 1.80. The van der Waals surface area contributed by atoms with Crippen LogP contribution in [-0.2, 0) is 13.5 Å². The van der Waals surface area contributed by atoms with E-state index in [0.29, 0.717) is 6.54 Å². The Balaban J connectivity index is 2.21. The normalized spacial score (nSPS) is 31.9. The van der Waals surface area contributed by atoms with Gasteiger partial charge in [0.25, 0.3) is 0 Å². The summed E-state index contributed by atoms with van der Waals surface area (Å²) in [7, 11) is 1.91. The molecule has 0 saturated heterocycles. The van der Waals surface area contributed by atoms with Crippen molar-refractivity contribution < 1.29 is 5.11 Å². The molecule has 1 fully saturated rings. The fourth-order valence-electron chi connectivity index (χ4n) is 3.06. The quantitative estimate of drug-likeness (QED) is 0.827. The summed E-state index contributed by atoms with van der Waals surface area (Å²) in [5.41, 5.74) is 6.73. The molecule has 0 bridgehead atoms. The van der Waals surface area contributed by atoms with E-state index in [0.717, 1.165) is 25.0 Å². The van der Waals surface area contributed by atoms with Gasteiger partial charge < -0.3 is 10.8 Å². The van der Waals surface area contributed by atoms with E-state index >= 15 is 0 Å². The number of aromatic nitrogens is 2. The molecule has 17 heavy (non-hydrogen) atoms. The van der Waals surface area contributed by atoms with Gasteiger partial charge in [-0.3, -0.25) is 4.68 Å². The standard InChI is InChI=1S/C13H23N3O/c1-12(2)5-6-13(9-14,11(12)17)8-10-4-7-16(3)15-10/h4,7,11,17H,5-6,8-9,14H2,1-3H3. The molecule has 3 N–H and O–H groups in total. The van der Waals surface area contributed by atoms with E-state index < -0.39 is 0 Å². The Kier molecular flexibility index (Phi) is 3.04. The zero-order valence-corrected chi connectivity index (χ0v) is 11.0. The Morgan fingerprint density at radius 3 is 2.65 bits per heavy atom. The number of aliphatic hydroxyl groups excluding tert-OH is 1. The van der Waals surface area contributed by atoms with Crippen LogP contribution < -0.4 is 5.73 Å². The molecule has 1 aliphatic rings. The van der Waals surface area contributed by atoms with E-state index in [4.69, 9.17) is 5.73 Å². The molecule has 2 rings (SSSR count). The third kappa shape index (κ3) is 2.11. The fourth-order valence-corrected chi connectivity index (χ4v) is 3.06. The van der Waals surface area contributed by atoms with Crippen LogP contribution in [0.2, 0.25) is 0 Å². The number of hydrogen-bond acceptors (Lipinski definition) is 3. The molecule has 0 radical (unpaired) electrons. The molecular formula is C13H23N3O. The van der Waals surface area contributed by atoms with Gasteiger partial charge in [-0.2, -0.15) is 5.10 Å². The van der Waals surface area contributed by atoms with Gasteiger partial charge in [0.05, 0.1) is 11.8 Å².